The average molecular weight is 448 g/mol. The van der Waals surface area contributed by atoms with Crippen LogP contribution in [0.2, 0.25) is 0 Å². The quantitative estimate of drug-likeness (QED) is 0.580. The van der Waals surface area contributed by atoms with Crippen molar-refractivity contribution in [1.29, 1.82) is 0 Å². The standard InChI is InChI=1S/C12H27O4Si.C3H7O.2H2O.Zr/c1-10(2,3)14-17(13,15-11(4,5)6)16-12(7,8)9;1-3(2)4;;;/h1-9H3;3H,1-2H3;2*1H2;/q2*-1;;;+4/p-2. The molecule has 146 valence electrons. The maximum atomic E-state index is 10.3. The van der Waals surface area contributed by atoms with Gasteiger partial charge in [-0.2, -0.15) is 0 Å². The zero-order chi connectivity index (χ0) is 19.6. The van der Waals surface area contributed by atoms with Crippen molar-refractivity contribution in [2.24, 2.45) is 0 Å². The Bertz CT molecular complexity index is 353. The molecule has 0 amide bonds. The van der Waals surface area contributed by atoms with Crippen molar-refractivity contribution in [2.75, 3.05) is 0 Å². The summed E-state index contributed by atoms with van der Waals surface area (Å²) in [6, 6.07) is 0. The summed E-state index contributed by atoms with van der Waals surface area (Å²) in [4.78, 5) is 0. The molecule has 7 nitrogen and oxygen atoms in total. The molecule has 0 aromatic rings. The Morgan fingerprint density at radius 2 is 1.00 bits per heavy atom. The van der Waals surface area contributed by atoms with E-state index in [0.29, 0.717) is 0 Å². The molecule has 0 saturated carbocycles. The van der Waals surface area contributed by atoms with Gasteiger partial charge < -0.3 is 0 Å². The van der Waals surface area contributed by atoms with Crippen LogP contribution in [-0.2, 0) is 40.6 Å². The normalized spacial score (nSPS) is 15.2. The number of hydrogen-bond acceptors (Lipinski definition) is 7. The summed E-state index contributed by atoms with van der Waals surface area (Å²) in [7, 11) is -3.94. The van der Waals surface area contributed by atoms with E-state index in [4.69, 9.17) is 18.6 Å². The predicted octanol–water partition coefficient (Wildman–Crippen LogP) is 3.11. The van der Waals surface area contributed by atoms with E-state index in [-0.39, 0.29) is 0 Å². The van der Waals surface area contributed by atoms with E-state index in [9.17, 15) is 6.37 Å². The summed E-state index contributed by atoms with van der Waals surface area (Å²) >= 11 is -5.34. The molecule has 0 unspecified atom stereocenters. The third-order valence-corrected chi connectivity index (χ3v) is 10.8. The van der Waals surface area contributed by atoms with Crippen LogP contribution in [0.25, 0.3) is 0 Å². The van der Waals surface area contributed by atoms with Gasteiger partial charge in [-0.3, -0.25) is 0 Å². The Morgan fingerprint density at radius 1 is 0.708 bits per heavy atom. The van der Waals surface area contributed by atoms with Crippen LogP contribution in [0.3, 0.4) is 0 Å². The fourth-order valence-corrected chi connectivity index (χ4v) is 9.81. The molecule has 0 rings (SSSR count). The van der Waals surface area contributed by atoms with E-state index in [0.717, 1.165) is 0 Å². The van der Waals surface area contributed by atoms with Crippen LogP contribution in [0.4, 0.5) is 0 Å². The van der Waals surface area contributed by atoms with Crippen molar-refractivity contribution in [3.8, 4) is 0 Å². The molecule has 0 aromatic heterocycles. The summed E-state index contributed by atoms with van der Waals surface area (Å²) in [5.74, 6) is 0. The third-order valence-electron chi connectivity index (χ3n) is 1.94. The zero-order valence-electron chi connectivity index (χ0n) is 17.0. The topological polar surface area (TPSA) is 86.6 Å². The van der Waals surface area contributed by atoms with Crippen molar-refractivity contribution in [3.63, 3.8) is 0 Å². The Morgan fingerprint density at radius 3 is 1.21 bits per heavy atom. The molecule has 0 aliphatic heterocycles. The van der Waals surface area contributed by atoms with Crippen molar-refractivity contribution in [3.05, 3.63) is 0 Å². The molecule has 0 saturated heterocycles. The molecule has 9 heteroatoms. The third kappa shape index (κ3) is 12.2. The van der Waals surface area contributed by atoms with Crippen LogP contribution in [0, 0.1) is 0 Å². The SMILES string of the molecule is CC(C)[O][Zr]([OH])([OH])[O][Si](OC(C)(C)C)(OC(C)(C)C)OC(C)(C)C. The molecule has 0 heterocycles. The Hall–Kier alpha value is 0.820. The van der Waals surface area contributed by atoms with Gasteiger partial charge in [-0.1, -0.05) is 0 Å². The molecule has 0 radical (unpaired) electrons. The average Bonchev–Trinajstić information content (AvgIpc) is 2.00. The fraction of sp³-hybridized carbons (Fsp3) is 1.00. The van der Waals surface area contributed by atoms with Gasteiger partial charge in [0.25, 0.3) is 0 Å². The molecular weight excluding hydrogens is 411 g/mol. The summed E-state index contributed by atoms with van der Waals surface area (Å²) < 4.78 is 49.6. The summed E-state index contributed by atoms with van der Waals surface area (Å²) in [5, 5.41) is 0. The number of rotatable bonds is 7. The molecule has 24 heavy (non-hydrogen) atoms. The van der Waals surface area contributed by atoms with E-state index in [1.165, 1.54) is 0 Å². The van der Waals surface area contributed by atoms with Crippen LogP contribution >= 0.6 is 0 Å². The van der Waals surface area contributed by atoms with E-state index in [2.05, 4.69) is 0 Å². The van der Waals surface area contributed by atoms with Gasteiger partial charge in [-0.25, -0.2) is 0 Å². The predicted molar refractivity (Wildman–Crippen MR) is 90.0 cm³/mol. The summed E-state index contributed by atoms with van der Waals surface area (Å²) in [6.45, 7) is 19.8. The van der Waals surface area contributed by atoms with Gasteiger partial charge in [0.05, 0.1) is 0 Å². The van der Waals surface area contributed by atoms with Crippen molar-refractivity contribution >= 4 is 9.05 Å². The summed E-state index contributed by atoms with van der Waals surface area (Å²) in [5.41, 5.74) is -2.03. The van der Waals surface area contributed by atoms with Crippen molar-refractivity contribution in [2.45, 2.75) is 99.1 Å². The van der Waals surface area contributed by atoms with Crippen molar-refractivity contribution < 1.29 is 47.0 Å². The van der Waals surface area contributed by atoms with Gasteiger partial charge >= 0.3 is 155 Å². The van der Waals surface area contributed by atoms with Crippen molar-refractivity contribution in [1.82, 2.24) is 0 Å². The van der Waals surface area contributed by atoms with Gasteiger partial charge in [0.15, 0.2) is 0 Å². The summed E-state index contributed by atoms with van der Waals surface area (Å²) in [6.07, 6.45) is -0.401. The van der Waals surface area contributed by atoms with Crippen LogP contribution < -0.4 is 0 Å². The fourth-order valence-electron chi connectivity index (χ4n) is 1.74. The minimum atomic E-state index is -5.34. The molecule has 0 aliphatic rings. The molecule has 0 spiro atoms. The molecule has 2 N–H and O–H groups in total. The van der Waals surface area contributed by atoms with E-state index < -0.39 is 54.0 Å². The molecule has 0 aromatic carbocycles. The Balaban J connectivity index is 5.87. The molecular formula is C15H36O7SiZr. The second kappa shape index (κ2) is 8.23. The van der Waals surface area contributed by atoms with Gasteiger partial charge in [0.1, 0.15) is 0 Å². The Labute approximate surface area is 155 Å². The monoisotopic (exact) mass is 446 g/mol. The number of hydrogen-bond donors (Lipinski definition) is 2. The van der Waals surface area contributed by atoms with Crippen LogP contribution in [0.1, 0.15) is 76.2 Å². The van der Waals surface area contributed by atoms with Gasteiger partial charge in [0.2, 0.25) is 0 Å². The van der Waals surface area contributed by atoms with Gasteiger partial charge in [-0.05, 0) is 0 Å². The molecule has 0 aliphatic carbocycles. The van der Waals surface area contributed by atoms with Crippen LogP contribution in [0.5, 0.6) is 0 Å². The first-order valence-corrected chi connectivity index (χ1v) is 14.0. The van der Waals surface area contributed by atoms with E-state index >= 15 is 0 Å². The maximum absolute atomic E-state index is 10.3. The minimum absolute atomic E-state index is 0.401. The second-order valence-corrected chi connectivity index (χ2v) is 15.6. The first-order chi connectivity index (χ1) is 10.2. The van der Waals surface area contributed by atoms with E-state index in [1.54, 1.807) is 13.8 Å². The van der Waals surface area contributed by atoms with Gasteiger partial charge in [-0.15, -0.1) is 0 Å². The molecule has 0 bridgehead atoms. The van der Waals surface area contributed by atoms with Crippen LogP contribution in [-0.4, -0.2) is 38.3 Å². The first-order valence-electron chi connectivity index (χ1n) is 8.17. The second-order valence-electron chi connectivity index (χ2n) is 8.96. The zero-order valence-corrected chi connectivity index (χ0v) is 20.5. The van der Waals surface area contributed by atoms with Crippen LogP contribution in [0.15, 0.2) is 0 Å². The molecule has 0 fully saturated rings. The Kier molecular flexibility index (Phi) is 8.51. The molecule has 0 atom stereocenters. The van der Waals surface area contributed by atoms with Gasteiger partial charge in [0, 0.05) is 0 Å². The first kappa shape index (κ1) is 24.8. The van der Waals surface area contributed by atoms with E-state index in [1.807, 2.05) is 62.3 Å².